The molecule has 0 fully saturated rings. The quantitative estimate of drug-likeness (QED) is 0.742. The SMILES string of the molecule is COc1cccc(Sc2nc3ccccc3[nH]2)c1C(C)=O. The molecule has 1 heterocycles. The van der Waals surface area contributed by atoms with Crippen molar-refractivity contribution in [3.05, 3.63) is 48.0 Å². The Kier molecular flexibility index (Phi) is 3.66. The molecular weight excluding hydrogens is 284 g/mol. The zero-order chi connectivity index (χ0) is 14.8. The van der Waals surface area contributed by atoms with Crippen LogP contribution < -0.4 is 4.74 Å². The average molecular weight is 298 g/mol. The van der Waals surface area contributed by atoms with Gasteiger partial charge in [-0.15, -0.1) is 0 Å². The molecule has 1 N–H and O–H groups in total. The fourth-order valence-electron chi connectivity index (χ4n) is 2.20. The molecule has 2 aromatic carbocycles. The van der Waals surface area contributed by atoms with Gasteiger partial charge >= 0.3 is 0 Å². The van der Waals surface area contributed by atoms with Crippen LogP contribution in [0.1, 0.15) is 17.3 Å². The molecule has 0 atom stereocenters. The molecule has 0 aliphatic heterocycles. The first-order valence-electron chi connectivity index (χ1n) is 6.49. The summed E-state index contributed by atoms with van der Waals surface area (Å²) in [6.45, 7) is 1.54. The van der Waals surface area contributed by atoms with E-state index in [1.54, 1.807) is 20.1 Å². The van der Waals surface area contributed by atoms with Gasteiger partial charge in [0.25, 0.3) is 0 Å². The van der Waals surface area contributed by atoms with Crippen LogP contribution in [0.2, 0.25) is 0 Å². The molecule has 106 valence electrons. The van der Waals surface area contributed by atoms with Gasteiger partial charge in [-0.1, -0.05) is 30.0 Å². The second-order valence-corrected chi connectivity index (χ2v) is 5.58. The highest BCUT2D eigenvalue weighted by atomic mass is 32.2. The molecule has 21 heavy (non-hydrogen) atoms. The molecule has 5 heteroatoms. The Morgan fingerprint density at radius 2 is 2.00 bits per heavy atom. The smallest absolute Gasteiger partial charge is 0.171 e. The highest BCUT2D eigenvalue weighted by Crippen LogP contribution is 2.34. The van der Waals surface area contributed by atoms with Crippen LogP contribution in [0, 0.1) is 0 Å². The summed E-state index contributed by atoms with van der Waals surface area (Å²) < 4.78 is 5.28. The standard InChI is InChI=1S/C16H14N2O2S/c1-10(19)15-13(20-2)8-5-9-14(15)21-16-17-11-6-3-4-7-12(11)18-16/h3-9H,1-2H3,(H,17,18). The number of hydrogen-bond acceptors (Lipinski definition) is 4. The fourth-order valence-corrected chi connectivity index (χ4v) is 3.20. The van der Waals surface area contributed by atoms with Crippen LogP contribution in [0.15, 0.2) is 52.5 Å². The summed E-state index contributed by atoms with van der Waals surface area (Å²) in [7, 11) is 1.57. The van der Waals surface area contributed by atoms with E-state index in [2.05, 4.69) is 9.97 Å². The Morgan fingerprint density at radius 1 is 1.19 bits per heavy atom. The third-order valence-electron chi connectivity index (χ3n) is 3.13. The van der Waals surface area contributed by atoms with Crippen molar-refractivity contribution in [1.82, 2.24) is 9.97 Å². The van der Waals surface area contributed by atoms with Gasteiger partial charge in [-0.3, -0.25) is 4.79 Å². The number of H-pyrrole nitrogens is 1. The fraction of sp³-hybridized carbons (Fsp3) is 0.125. The minimum Gasteiger partial charge on any atom is -0.496 e. The summed E-state index contributed by atoms with van der Waals surface area (Å²) in [6, 6.07) is 13.4. The van der Waals surface area contributed by atoms with Crippen LogP contribution >= 0.6 is 11.8 Å². The van der Waals surface area contributed by atoms with Crippen molar-refractivity contribution < 1.29 is 9.53 Å². The number of para-hydroxylation sites is 2. The maximum Gasteiger partial charge on any atom is 0.171 e. The first-order valence-corrected chi connectivity index (χ1v) is 7.31. The van der Waals surface area contributed by atoms with E-state index in [9.17, 15) is 4.79 Å². The lowest BCUT2D eigenvalue weighted by atomic mass is 10.1. The number of ether oxygens (including phenoxy) is 1. The molecule has 0 aliphatic rings. The van der Waals surface area contributed by atoms with Crippen molar-refractivity contribution in [2.24, 2.45) is 0 Å². The lowest BCUT2D eigenvalue weighted by Gasteiger charge is -2.09. The van der Waals surface area contributed by atoms with Gasteiger partial charge < -0.3 is 9.72 Å². The third kappa shape index (κ3) is 2.64. The van der Waals surface area contributed by atoms with E-state index in [-0.39, 0.29) is 5.78 Å². The van der Waals surface area contributed by atoms with E-state index < -0.39 is 0 Å². The van der Waals surface area contributed by atoms with Gasteiger partial charge in [-0.25, -0.2) is 4.98 Å². The maximum atomic E-state index is 11.9. The van der Waals surface area contributed by atoms with Crippen LogP contribution in [0.5, 0.6) is 5.75 Å². The van der Waals surface area contributed by atoms with Crippen molar-refractivity contribution >= 4 is 28.6 Å². The number of nitrogens with zero attached hydrogens (tertiary/aromatic N) is 1. The summed E-state index contributed by atoms with van der Waals surface area (Å²) in [4.78, 5) is 20.5. The predicted molar refractivity (Wildman–Crippen MR) is 83.2 cm³/mol. The summed E-state index contributed by atoms with van der Waals surface area (Å²) in [5.74, 6) is 0.565. The molecule has 0 saturated carbocycles. The molecule has 1 aromatic heterocycles. The number of aromatic amines is 1. The van der Waals surface area contributed by atoms with Crippen LogP contribution in [0.25, 0.3) is 11.0 Å². The minimum atomic E-state index is -0.0222. The highest BCUT2D eigenvalue weighted by molar-refractivity contribution is 7.99. The van der Waals surface area contributed by atoms with E-state index >= 15 is 0 Å². The molecule has 3 rings (SSSR count). The molecule has 3 aromatic rings. The molecular formula is C16H14N2O2S. The monoisotopic (exact) mass is 298 g/mol. The Hall–Kier alpha value is -2.27. The number of methoxy groups -OCH3 is 1. The van der Waals surface area contributed by atoms with E-state index in [4.69, 9.17) is 4.74 Å². The predicted octanol–water partition coefficient (Wildman–Crippen LogP) is 3.93. The highest BCUT2D eigenvalue weighted by Gasteiger charge is 2.15. The number of imidazole rings is 1. The van der Waals surface area contributed by atoms with Crippen LogP contribution in [-0.4, -0.2) is 22.9 Å². The second kappa shape index (κ2) is 5.61. The Balaban J connectivity index is 2.03. The van der Waals surface area contributed by atoms with E-state index in [1.807, 2.05) is 36.4 Å². The number of benzene rings is 2. The molecule has 0 saturated heterocycles. The Labute approximate surface area is 126 Å². The number of fused-ring (bicyclic) bond motifs is 1. The number of carbonyl (C=O) groups is 1. The molecule has 0 bridgehead atoms. The number of carbonyl (C=O) groups excluding carboxylic acids is 1. The summed E-state index contributed by atoms with van der Waals surface area (Å²) in [6.07, 6.45) is 0. The average Bonchev–Trinajstić information content (AvgIpc) is 2.88. The van der Waals surface area contributed by atoms with Crippen molar-refractivity contribution in [1.29, 1.82) is 0 Å². The third-order valence-corrected chi connectivity index (χ3v) is 4.08. The lowest BCUT2D eigenvalue weighted by molar-refractivity contribution is 0.101. The van der Waals surface area contributed by atoms with Gasteiger partial charge in [0.2, 0.25) is 0 Å². The molecule has 0 radical (unpaired) electrons. The molecule has 0 amide bonds. The summed E-state index contributed by atoms with van der Waals surface area (Å²) in [5.41, 5.74) is 2.48. The number of hydrogen-bond donors (Lipinski definition) is 1. The maximum absolute atomic E-state index is 11.9. The van der Waals surface area contributed by atoms with Crippen molar-refractivity contribution in [3.8, 4) is 5.75 Å². The van der Waals surface area contributed by atoms with Gasteiger partial charge in [0, 0.05) is 4.90 Å². The van der Waals surface area contributed by atoms with Gasteiger partial charge in [-0.2, -0.15) is 0 Å². The van der Waals surface area contributed by atoms with Gasteiger partial charge in [-0.05, 0) is 31.2 Å². The molecule has 0 spiro atoms. The normalized spacial score (nSPS) is 10.8. The summed E-state index contributed by atoms with van der Waals surface area (Å²) >= 11 is 1.43. The van der Waals surface area contributed by atoms with E-state index in [1.165, 1.54) is 11.8 Å². The van der Waals surface area contributed by atoms with Crippen molar-refractivity contribution in [3.63, 3.8) is 0 Å². The first kappa shape index (κ1) is 13.7. The van der Waals surface area contributed by atoms with Crippen molar-refractivity contribution in [2.45, 2.75) is 17.0 Å². The van der Waals surface area contributed by atoms with Crippen molar-refractivity contribution in [2.75, 3.05) is 7.11 Å². The Morgan fingerprint density at radius 3 is 2.71 bits per heavy atom. The van der Waals surface area contributed by atoms with Gasteiger partial charge in [0.05, 0.1) is 23.7 Å². The first-order chi connectivity index (χ1) is 10.2. The molecule has 4 nitrogen and oxygen atoms in total. The number of aromatic nitrogens is 2. The van der Waals surface area contributed by atoms with E-state index in [0.29, 0.717) is 11.3 Å². The van der Waals surface area contributed by atoms with E-state index in [0.717, 1.165) is 21.1 Å². The zero-order valence-corrected chi connectivity index (χ0v) is 12.5. The van der Waals surface area contributed by atoms with Crippen LogP contribution in [0.3, 0.4) is 0 Å². The van der Waals surface area contributed by atoms with Gasteiger partial charge in [0.1, 0.15) is 5.75 Å². The number of nitrogens with one attached hydrogen (secondary N) is 1. The largest absolute Gasteiger partial charge is 0.496 e. The molecule has 0 unspecified atom stereocenters. The molecule has 0 aliphatic carbocycles. The summed E-state index contributed by atoms with van der Waals surface area (Å²) in [5, 5.41) is 0.756. The number of ketones is 1. The Bertz CT molecular complexity index is 778. The number of rotatable bonds is 4. The minimum absolute atomic E-state index is 0.0222. The van der Waals surface area contributed by atoms with Crippen LogP contribution in [0.4, 0.5) is 0 Å². The number of Topliss-reactive ketones (excluding diaryl/α,β-unsaturated/α-hetero) is 1. The second-order valence-electron chi connectivity index (χ2n) is 4.55. The lowest BCUT2D eigenvalue weighted by Crippen LogP contribution is -1.99. The van der Waals surface area contributed by atoms with Crippen LogP contribution in [-0.2, 0) is 0 Å². The van der Waals surface area contributed by atoms with Gasteiger partial charge in [0.15, 0.2) is 10.9 Å². The zero-order valence-electron chi connectivity index (χ0n) is 11.7. The topological polar surface area (TPSA) is 55.0 Å².